The Morgan fingerprint density at radius 3 is 2.28 bits per heavy atom. The number of aromatic nitrogens is 2. The van der Waals surface area contributed by atoms with Gasteiger partial charge in [0.25, 0.3) is 0 Å². The van der Waals surface area contributed by atoms with Gasteiger partial charge in [-0.05, 0) is 37.0 Å². The van der Waals surface area contributed by atoms with Gasteiger partial charge in [-0.15, -0.1) is 11.3 Å². The number of rotatable bonds is 7. The van der Waals surface area contributed by atoms with Gasteiger partial charge in [-0.2, -0.15) is 0 Å². The minimum Gasteiger partial charge on any atom is -0.356 e. The standard InChI is InChI=1S/C20H24BrN3S/c1-4-11-24(12-5-2)19-18-17(14-7-9-15(21)10-8-14)16(6-3)25-20(18)23-13-22-19/h7-10,13H,4-6,11-12H2,1-3H3. The summed E-state index contributed by atoms with van der Waals surface area (Å²) in [6.45, 7) is 8.72. The van der Waals surface area contributed by atoms with E-state index in [1.54, 1.807) is 17.7 Å². The maximum atomic E-state index is 4.71. The quantitative estimate of drug-likeness (QED) is 0.450. The molecule has 5 heteroatoms. The van der Waals surface area contributed by atoms with Crippen LogP contribution in [0, 0.1) is 0 Å². The van der Waals surface area contributed by atoms with Crippen molar-refractivity contribution in [3.05, 3.63) is 39.9 Å². The third kappa shape index (κ3) is 3.72. The highest BCUT2D eigenvalue weighted by Gasteiger charge is 2.20. The molecule has 0 bridgehead atoms. The summed E-state index contributed by atoms with van der Waals surface area (Å²) in [6, 6.07) is 8.59. The first kappa shape index (κ1) is 18.3. The molecule has 3 nitrogen and oxygen atoms in total. The molecule has 0 aliphatic rings. The van der Waals surface area contributed by atoms with Crippen molar-refractivity contribution in [2.45, 2.75) is 40.0 Å². The van der Waals surface area contributed by atoms with Crippen LogP contribution in [0.5, 0.6) is 0 Å². The van der Waals surface area contributed by atoms with Crippen molar-refractivity contribution < 1.29 is 0 Å². The molecular formula is C20H24BrN3S. The number of hydrogen-bond acceptors (Lipinski definition) is 4. The monoisotopic (exact) mass is 417 g/mol. The zero-order valence-electron chi connectivity index (χ0n) is 15.1. The second-order valence-corrected chi connectivity index (χ2v) is 8.12. The fourth-order valence-electron chi connectivity index (χ4n) is 3.24. The Labute approximate surface area is 162 Å². The van der Waals surface area contributed by atoms with E-state index in [1.165, 1.54) is 21.4 Å². The Balaban J connectivity index is 2.25. The van der Waals surface area contributed by atoms with E-state index in [0.717, 1.165) is 47.5 Å². The normalized spacial score (nSPS) is 11.2. The molecule has 0 saturated carbocycles. The molecule has 0 aliphatic heterocycles. The highest BCUT2D eigenvalue weighted by molar-refractivity contribution is 9.10. The van der Waals surface area contributed by atoms with Gasteiger partial charge < -0.3 is 4.90 Å². The van der Waals surface area contributed by atoms with Crippen LogP contribution in [0.4, 0.5) is 5.82 Å². The van der Waals surface area contributed by atoms with E-state index < -0.39 is 0 Å². The number of benzene rings is 1. The van der Waals surface area contributed by atoms with Crippen LogP contribution in [0.25, 0.3) is 21.3 Å². The van der Waals surface area contributed by atoms with Crippen molar-refractivity contribution >= 4 is 43.3 Å². The molecule has 1 aromatic carbocycles. The van der Waals surface area contributed by atoms with E-state index in [2.05, 4.69) is 70.9 Å². The van der Waals surface area contributed by atoms with E-state index in [-0.39, 0.29) is 0 Å². The number of anilines is 1. The Morgan fingerprint density at radius 2 is 1.68 bits per heavy atom. The highest BCUT2D eigenvalue weighted by Crippen LogP contribution is 2.42. The van der Waals surface area contributed by atoms with Gasteiger partial charge in [0.2, 0.25) is 0 Å². The number of fused-ring (bicyclic) bond motifs is 1. The fraction of sp³-hybridized carbons (Fsp3) is 0.400. The largest absolute Gasteiger partial charge is 0.356 e. The van der Waals surface area contributed by atoms with Crippen LogP contribution < -0.4 is 4.90 Å². The van der Waals surface area contributed by atoms with Gasteiger partial charge in [-0.25, -0.2) is 9.97 Å². The Morgan fingerprint density at radius 1 is 1.00 bits per heavy atom. The van der Waals surface area contributed by atoms with Crippen LogP contribution in [0.2, 0.25) is 0 Å². The molecule has 3 aromatic rings. The Hall–Kier alpha value is -1.46. The molecule has 25 heavy (non-hydrogen) atoms. The SMILES string of the molecule is CCCN(CCC)c1ncnc2sc(CC)c(-c3ccc(Br)cc3)c12. The third-order valence-electron chi connectivity index (χ3n) is 4.28. The number of halogens is 1. The van der Waals surface area contributed by atoms with Crippen LogP contribution in [0.15, 0.2) is 35.1 Å². The topological polar surface area (TPSA) is 29.0 Å². The van der Waals surface area contributed by atoms with Crippen molar-refractivity contribution in [2.24, 2.45) is 0 Å². The van der Waals surface area contributed by atoms with E-state index in [1.807, 2.05) is 0 Å². The van der Waals surface area contributed by atoms with Gasteiger partial charge in [0.1, 0.15) is 17.0 Å². The van der Waals surface area contributed by atoms with E-state index >= 15 is 0 Å². The summed E-state index contributed by atoms with van der Waals surface area (Å²) in [5.74, 6) is 1.09. The molecule has 2 aromatic heterocycles. The molecular weight excluding hydrogens is 394 g/mol. The average Bonchev–Trinajstić information content (AvgIpc) is 3.01. The fourth-order valence-corrected chi connectivity index (χ4v) is 4.60. The molecule has 3 rings (SSSR count). The molecule has 0 spiro atoms. The number of aryl methyl sites for hydroxylation is 1. The van der Waals surface area contributed by atoms with E-state index in [9.17, 15) is 0 Å². The number of hydrogen-bond donors (Lipinski definition) is 0. The zero-order valence-corrected chi connectivity index (χ0v) is 17.5. The predicted molar refractivity (Wildman–Crippen MR) is 113 cm³/mol. The second kappa shape index (κ2) is 8.28. The van der Waals surface area contributed by atoms with Crippen LogP contribution in [-0.2, 0) is 6.42 Å². The van der Waals surface area contributed by atoms with Crippen LogP contribution >= 0.6 is 27.3 Å². The van der Waals surface area contributed by atoms with Crippen LogP contribution in [0.1, 0.15) is 38.5 Å². The summed E-state index contributed by atoms with van der Waals surface area (Å²) in [5.41, 5.74) is 2.55. The Kier molecular flexibility index (Phi) is 6.07. The lowest BCUT2D eigenvalue weighted by atomic mass is 10.0. The lowest BCUT2D eigenvalue weighted by Crippen LogP contribution is -2.26. The molecule has 132 valence electrons. The molecule has 0 radical (unpaired) electrons. The maximum Gasteiger partial charge on any atom is 0.141 e. The molecule has 0 aliphatic carbocycles. The summed E-state index contributed by atoms with van der Waals surface area (Å²) < 4.78 is 1.10. The number of thiophene rings is 1. The first-order valence-corrected chi connectivity index (χ1v) is 10.6. The first-order chi connectivity index (χ1) is 12.2. The van der Waals surface area contributed by atoms with Gasteiger partial charge >= 0.3 is 0 Å². The van der Waals surface area contributed by atoms with Crippen molar-refractivity contribution in [3.8, 4) is 11.1 Å². The minimum absolute atomic E-state index is 1.01. The van der Waals surface area contributed by atoms with Gasteiger partial charge in [0.05, 0.1) is 5.39 Å². The van der Waals surface area contributed by atoms with Crippen molar-refractivity contribution in [2.75, 3.05) is 18.0 Å². The van der Waals surface area contributed by atoms with Crippen LogP contribution in [-0.4, -0.2) is 23.1 Å². The molecule has 0 N–H and O–H groups in total. The minimum atomic E-state index is 1.01. The Bertz CT molecular complexity index is 836. The van der Waals surface area contributed by atoms with Crippen molar-refractivity contribution in [3.63, 3.8) is 0 Å². The molecule has 2 heterocycles. The van der Waals surface area contributed by atoms with Crippen LogP contribution in [0.3, 0.4) is 0 Å². The number of nitrogens with zero attached hydrogens (tertiary/aromatic N) is 3. The van der Waals surface area contributed by atoms with E-state index in [0.29, 0.717) is 0 Å². The summed E-state index contributed by atoms with van der Waals surface area (Å²) in [6.07, 6.45) is 4.96. The highest BCUT2D eigenvalue weighted by atomic mass is 79.9. The molecule has 0 unspecified atom stereocenters. The van der Waals surface area contributed by atoms with Gasteiger partial charge in [0.15, 0.2) is 0 Å². The third-order valence-corrected chi connectivity index (χ3v) is 6.05. The second-order valence-electron chi connectivity index (χ2n) is 6.13. The van der Waals surface area contributed by atoms with Gasteiger partial charge in [0, 0.05) is 28.0 Å². The molecule has 0 amide bonds. The summed E-state index contributed by atoms with van der Waals surface area (Å²) in [4.78, 5) is 14.2. The lowest BCUT2D eigenvalue weighted by Gasteiger charge is -2.23. The summed E-state index contributed by atoms with van der Waals surface area (Å²) in [7, 11) is 0. The predicted octanol–water partition coefficient (Wildman–Crippen LogP) is 6.31. The average molecular weight is 418 g/mol. The molecule has 0 saturated heterocycles. The first-order valence-electron chi connectivity index (χ1n) is 8.96. The maximum absolute atomic E-state index is 4.71. The zero-order chi connectivity index (χ0) is 17.8. The van der Waals surface area contributed by atoms with E-state index in [4.69, 9.17) is 4.98 Å². The van der Waals surface area contributed by atoms with Crippen molar-refractivity contribution in [1.82, 2.24) is 9.97 Å². The summed E-state index contributed by atoms with van der Waals surface area (Å²) in [5, 5.41) is 1.22. The van der Waals surface area contributed by atoms with Gasteiger partial charge in [-0.3, -0.25) is 0 Å². The summed E-state index contributed by atoms with van der Waals surface area (Å²) >= 11 is 5.34. The smallest absolute Gasteiger partial charge is 0.141 e. The van der Waals surface area contributed by atoms with Gasteiger partial charge in [-0.1, -0.05) is 48.8 Å². The van der Waals surface area contributed by atoms with Crippen molar-refractivity contribution in [1.29, 1.82) is 0 Å². The lowest BCUT2D eigenvalue weighted by molar-refractivity contribution is 0.736. The molecule has 0 atom stereocenters. The molecule has 0 fully saturated rings.